The predicted octanol–water partition coefficient (Wildman–Crippen LogP) is 1.56. The molecule has 0 radical (unpaired) electrons. The van der Waals surface area contributed by atoms with Crippen molar-refractivity contribution in [2.24, 2.45) is 0 Å². The van der Waals surface area contributed by atoms with Crippen LogP contribution >= 0.6 is 22.9 Å². The van der Waals surface area contributed by atoms with Gasteiger partial charge in [-0.3, -0.25) is 8.51 Å². The fraction of sp³-hybridized carbons (Fsp3) is 0.286. The van der Waals surface area contributed by atoms with Crippen molar-refractivity contribution in [1.29, 1.82) is 0 Å². The monoisotopic (exact) mass is 248 g/mol. The minimum Gasteiger partial charge on any atom is -0.264 e. The van der Waals surface area contributed by atoms with E-state index in [2.05, 4.69) is 37.4 Å². The van der Waals surface area contributed by atoms with E-state index in [1.165, 1.54) is 5.56 Å². The van der Waals surface area contributed by atoms with Gasteiger partial charge >= 0.3 is 0 Å². The van der Waals surface area contributed by atoms with Gasteiger partial charge in [-0.05, 0) is 18.1 Å². The number of nitrogens with zero attached hydrogens (tertiary/aromatic N) is 1. The molecule has 1 aromatic rings. The van der Waals surface area contributed by atoms with E-state index in [1.54, 1.807) is 6.20 Å². The Balaban J connectivity index is 2.43. The molecule has 1 rings (SSSR count). The Morgan fingerprint density at radius 2 is 2.50 bits per heavy atom. The molecule has 0 atom stereocenters. The Labute approximate surface area is 74.5 Å². The zero-order chi connectivity index (χ0) is 7.23. The van der Waals surface area contributed by atoms with Crippen LogP contribution in [0.15, 0.2) is 24.5 Å². The molecule has 0 aromatic carbocycles. The van der Waals surface area contributed by atoms with Crippen molar-refractivity contribution in [3.05, 3.63) is 30.1 Å². The first kappa shape index (κ1) is 7.94. The average Bonchev–Trinajstić information content (AvgIpc) is 2.03. The Morgan fingerprint density at radius 1 is 1.60 bits per heavy atom. The molecule has 0 saturated carbocycles. The minimum atomic E-state index is 1.01. The van der Waals surface area contributed by atoms with Crippen LogP contribution in [0.3, 0.4) is 0 Å². The Kier molecular flexibility index (Phi) is 3.67. The third-order valence-corrected chi connectivity index (χ3v) is 1.77. The van der Waals surface area contributed by atoms with Crippen LogP contribution in [-0.2, 0) is 6.42 Å². The molecule has 0 spiro atoms. The van der Waals surface area contributed by atoms with Crippen molar-refractivity contribution in [3.8, 4) is 0 Å². The Morgan fingerprint density at radius 3 is 3.10 bits per heavy atom. The van der Waals surface area contributed by atoms with E-state index in [-0.39, 0.29) is 0 Å². The summed E-state index contributed by atoms with van der Waals surface area (Å²) < 4.78 is 3.06. The Hall–Kier alpha value is -0.160. The summed E-state index contributed by atoms with van der Waals surface area (Å²) >= 11 is 2.14. The van der Waals surface area contributed by atoms with E-state index in [4.69, 9.17) is 0 Å². The van der Waals surface area contributed by atoms with Crippen molar-refractivity contribution in [3.63, 3.8) is 0 Å². The zero-order valence-electron chi connectivity index (χ0n) is 5.55. The largest absolute Gasteiger partial charge is 0.264 e. The molecular formula is C7H9IN2. The van der Waals surface area contributed by atoms with Crippen LogP contribution in [0.5, 0.6) is 0 Å². The molecule has 0 amide bonds. The zero-order valence-corrected chi connectivity index (χ0v) is 7.71. The average molecular weight is 248 g/mol. The summed E-state index contributed by atoms with van der Waals surface area (Å²) in [6, 6.07) is 4.05. The van der Waals surface area contributed by atoms with Crippen molar-refractivity contribution in [2.45, 2.75) is 6.42 Å². The molecule has 0 saturated heterocycles. The maximum absolute atomic E-state index is 4.01. The third kappa shape index (κ3) is 2.62. The summed E-state index contributed by atoms with van der Waals surface area (Å²) in [4.78, 5) is 4.01. The summed E-state index contributed by atoms with van der Waals surface area (Å²) in [6.07, 6.45) is 4.74. The SMILES string of the molecule is INCCc1cccnc1. The molecule has 0 aliphatic rings. The fourth-order valence-corrected chi connectivity index (χ4v) is 1.01. The van der Waals surface area contributed by atoms with Gasteiger partial charge in [-0.1, -0.05) is 6.07 Å². The second-order valence-electron chi connectivity index (χ2n) is 1.99. The molecule has 10 heavy (non-hydrogen) atoms. The number of aromatic nitrogens is 1. The standard InChI is InChI=1S/C7H9IN2/c8-10-5-3-7-2-1-4-9-6-7/h1-2,4,6,10H,3,5H2. The maximum atomic E-state index is 4.01. The van der Waals surface area contributed by atoms with E-state index in [0.717, 1.165) is 13.0 Å². The summed E-state index contributed by atoms with van der Waals surface area (Å²) in [7, 11) is 0. The first-order valence-electron chi connectivity index (χ1n) is 3.16. The summed E-state index contributed by atoms with van der Waals surface area (Å²) in [5.41, 5.74) is 1.28. The fourth-order valence-electron chi connectivity index (χ4n) is 0.738. The molecule has 0 fully saturated rings. The lowest BCUT2D eigenvalue weighted by Crippen LogP contribution is -2.03. The van der Waals surface area contributed by atoms with E-state index < -0.39 is 0 Å². The number of rotatable bonds is 3. The van der Waals surface area contributed by atoms with Crippen LogP contribution < -0.4 is 3.53 Å². The lowest BCUT2D eigenvalue weighted by Gasteiger charge is -1.96. The maximum Gasteiger partial charge on any atom is 0.0300 e. The first-order chi connectivity index (χ1) is 4.93. The van der Waals surface area contributed by atoms with Gasteiger partial charge in [0, 0.05) is 41.8 Å². The van der Waals surface area contributed by atoms with E-state index in [9.17, 15) is 0 Å². The molecule has 0 unspecified atom stereocenters. The van der Waals surface area contributed by atoms with Gasteiger partial charge in [0.15, 0.2) is 0 Å². The van der Waals surface area contributed by atoms with Gasteiger partial charge in [-0.2, -0.15) is 0 Å². The number of hydrogen-bond donors (Lipinski definition) is 1. The quantitative estimate of drug-likeness (QED) is 0.648. The van der Waals surface area contributed by atoms with Gasteiger partial charge in [0.25, 0.3) is 0 Å². The smallest absolute Gasteiger partial charge is 0.0300 e. The van der Waals surface area contributed by atoms with E-state index in [0.29, 0.717) is 0 Å². The number of hydrogen-bond acceptors (Lipinski definition) is 2. The molecule has 0 bridgehead atoms. The molecule has 0 aliphatic heterocycles. The molecule has 3 heteroatoms. The molecule has 54 valence electrons. The normalized spacial score (nSPS) is 9.70. The van der Waals surface area contributed by atoms with Gasteiger partial charge in [0.2, 0.25) is 0 Å². The highest BCUT2D eigenvalue weighted by atomic mass is 127. The lowest BCUT2D eigenvalue weighted by atomic mass is 10.2. The molecular weight excluding hydrogens is 239 g/mol. The molecule has 1 aromatic heterocycles. The van der Waals surface area contributed by atoms with Crippen LogP contribution in [0.25, 0.3) is 0 Å². The number of nitrogens with one attached hydrogen (secondary N) is 1. The highest BCUT2D eigenvalue weighted by molar-refractivity contribution is 14.1. The molecule has 2 nitrogen and oxygen atoms in total. The highest BCUT2D eigenvalue weighted by Gasteiger charge is 1.88. The molecule has 1 heterocycles. The second-order valence-corrected chi connectivity index (χ2v) is 2.76. The number of halogens is 1. The highest BCUT2D eigenvalue weighted by Crippen LogP contribution is 1.95. The third-order valence-electron chi connectivity index (χ3n) is 1.23. The van der Waals surface area contributed by atoms with E-state index >= 15 is 0 Å². The second kappa shape index (κ2) is 4.62. The van der Waals surface area contributed by atoms with Crippen molar-refractivity contribution in [1.82, 2.24) is 8.51 Å². The van der Waals surface area contributed by atoms with Crippen LogP contribution in [0.2, 0.25) is 0 Å². The first-order valence-corrected chi connectivity index (χ1v) is 4.24. The Bertz CT molecular complexity index is 176. The van der Waals surface area contributed by atoms with Crippen LogP contribution in [0.4, 0.5) is 0 Å². The van der Waals surface area contributed by atoms with Gasteiger partial charge in [-0.15, -0.1) is 0 Å². The van der Waals surface area contributed by atoms with Crippen LogP contribution in [0, 0.1) is 0 Å². The topological polar surface area (TPSA) is 24.9 Å². The van der Waals surface area contributed by atoms with Gasteiger partial charge in [-0.25, -0.2) is 0 Å². The summed E-state index contributed by atoms with van der Waals surface area (Å²) in [5, 5.41) is 0. The van der Waals surface area contributed by atoms with Crippen LogP contribution in [0.1, 0.15) is 5.56 Å². The van der Waals surface area contributed by atoms with Gasteiger partial charge in [0.05, 0.1) is 0 Å². The van der Waals surface area contributed by atoms with Gasteiger partial charge < -0.3 is 0 Å². The van der Waals surface area contributed by atoms with E-state index in [1.807, 2.05) is 12.3 Å². The molecule has 1 N–H and O–H groups in total. The van der Waals surface area contributed by atoms with Crippen molar-refractivity contribution >= 4 is 22.9 Å². The lowest BCUT2D eigenvalue weighted by molar-refractivity contribution is 0.925. The minimum absolute atomic E-state index is 1.01. The van der Waals surface area contributed by atoms with Crippen LogP contribution in [-0.4, -0.2) is 11.5 Å². The molecule has 0 aliphatic carbocycles. The van der Waals surface area contributed by atoms with Gasteiger partial charge in [0.1, 0.15) is 0 Å². The summed E-state index contributed by atoms with van der Waals surface area (Å²) in [5.74, 6) is 0. The summed E-state index contributed by atoms with van der Waals surface area (Å²) in [6.45, 7) is 1.01. The van der Waals surface area contributed by atoms with Crippen molar-refractivity contribution in [2.75, 3.05) is 6.54 Å². The van der Waals surface area contributed by atoms with Crippen molar-refractivity contribution < 1.29 is 0 Å². The predicted molar refractivity (Wildman–Crippen MR) is 50.0 cm³/mol. The number of pyridine rings is 1.